The summed E-state index contributed by atoms with van der Waals surface area (Å²) >= 11 is 12.2. The second-order valence-electron chi connectivity index (χ2n) is 16.0. The van der Waals surface area contributed by atoms with E-state index >= 15 is 0 Å². The molecule has 65 heavy (non-hydrogen) atoms. The fourth-order valence-corrected chi connectivity index (χ4v) is 8.86. The summed E-state index contributed by atoms with van der Waals surface area (Å²) < 4.78 is 17.7. The highest BCUT2D eigenvalue weighted by atomic mass is 35.5. The number of carbonyl (C=O) groups excluding carboxylic acids is 3. The summed E-state index contributed by atoms with van der Waals surface area (Å²) in [5.74, 6) is 2.79. The normalized spacial score (nSPS) is 16.4. The third kappa shape index (κ3) is 10.2. The van der Waals surface area contributed by atoms with Gasteiger partial charge in [0.05, 0.1) is 28.9 Å². The van der Waals surface area contributed by atoms with E-state index < -0.39 is 24.2 Å². The van der Waals surface area contributed by atoms with Gasteiger partial charge in [-0.3, -0.25) is 14.5 Å². The van der Waals surface area contributed by atoms with Crippen molar-refractivity contribution in [2.75, 3.05) is 19.1 Å². The van der Waals surface area contributed by atoms with E-state index in [1.54, 1.807) is 24.1 Å². The van der Waals surface area contributed by atoms with Crippen LogP contribution in [0.1, 0.15) is 64.4 Å². The first-order valence-electron chi connectivity index (χ1n) is 21.1. The van der Waals surface area contributed by atoms with Crippen LogP contribution in [0, 0.1) is 12.3 Å². The van der Waals surface area contributed by atoms with Crippen LogP contribution in [-0.4, -0.2) is 48.9 Å². The molecule has 0 unspecified atom stereocenters. The van der Waals surface area contributed by atoms with Crippen molar-refractivity contribution in [2.45, 2.75) is 63.6 Å². The number of methoxy groups -OCH3 is 1. The van der Waals surface area contributed by atoms with Crippen molar-refractivity contribution in [3.63, 3.8) is 0 Å². The quantitative estimate of drug-likeness (QED) is 0.0865. The number of terminal acetylenes is 1. The minimum atomic E-state index is -0.931. The molecule has 0 saturated carbocycles. The van der Waals surface area contributed by atoms with E-state index in [1.165, 1.54) is 7.11 Å². The Morgan fingerprint density at radius 1 is 0.862 bits per heavy atom. The summed E-state index contributed by atoms with van der Waals surface area (Å²) in [6.45, 7) is 2.83. The number of hydrogen-bond donors (Lipinski definition) is 2. The molecule has 0 fully saturated rings. The first kappa shape index (κ1) is 46.4. The summed E-state index contributed by atoms with van der Waals surface area (Å²) in [7, 11) is 3.07. The largest absolute Gasteiger partial charge is 0.489 e. The number of hydrogen-bond acceptors (Lipinski definition) is 8. The molecule has 6 aromatic rings. The Kier molecular flexibility index (Phi) is 14.6. The van der Waals surface area contributed by atoms with Crippen molar-refractivity contribution < 1.29 is 28.6 Å². The zero-order chi connectivity index (χ0) is 44.9. The van der Waals surface area contributed by atoms with Gasteiger partial charge in [0, 0.05) is 37.2 Å². The minimum Gasteiger partial charge on any atom is -0.489 e. The van der Waals surface area contributed by atoms with Crippen LogP contribution in [0.5, 0.6) is 11.5 Å². The smallest absolute Gasteiger partial charge is 0.328 e. The van der Waals surface area contributed by atoms with Gasteiger partial charge in [0.15, 0.2) is 0 Å². The highest BCUT2D eigenvalue weighted by molar-refractivity contribution is 6.42. The molecule has 0 radical (unpaired) electrons. The SMILES string of the molecule is C#Cc1ccc(-c2ccc(C[C@H](NC(=O)[C@@H]3Cc4cc5c(cc4CN3[C@H](CC)c3ccccc3)O[C@H](c3ccc(OCc4ccc(Cl)c(Cl)c4)cc3)C(=O)N5C)C(=O)OC)cc2)cc1.N. The number of halogens is 2. The number of rotatable bonds is 13. The van der Waals surface area contributed by atoms with E-state index in [4.69, 9.17) is 43.8 Å². The molecular formula is C53H50Cl2N4O6. The number of ether oxygens (including phenoxy) is 3. The molecule has 6 aromatic carbocycles. The van der Waals surface area contributed by atoms with Gasteiger partial charge in [0.1, 0.15) is 24.1 Å². The molecule has 0 aliphatic carbocycles. The molecule has 2 heterocycles. The van der Waals surface area contributed by atoms with E-state index in [1.807, 2.05) is 109 Å². The van der Waals surface area contributed by atoms with Crippen molar-refractivity contribution in [1.82, 2.24) is 16.4 Å². The lowest BCUT2D eigenvalue weighted by Crippen LogP contribution is -2.55. The molecule has 4 N–H and O–H groups in total. The van der Waals surface area contributed by atoms with Crippen molar-refractivity contribution in [3.8, 4) is 35.0 Å². The number of benzene rings is 6. The molecule has 8 rings (SSSR count). The summed E-state index contributed by atoms with van der Waals surface area (Å²) in [6.07, 6.45) is 5.97. The highest BCUT2D eigenvalue weighted by Crippen LogP contribution is 2.43. The standard InChI is InChI=1S/C53H47Cl2N3O6.H3N/c1-5-33-12-17-36(18-13-33)37-19-14-34(15-20-37)27-45(53(61)62-4)56-51(59)48-29-40-28-47-49(30-41(40)31-58(48)46(6-2)38-10-8-7-9-11-38)64-50(52(60)57(47)3)39-21-23-42(24-22-39)63-32-35-16-25-43(54)44(55)26-35;/h1,7-26,28,30,45-46,48,50H,6,27,29,31-32H2,2-4H3,(H,56,59);1H3/t45-,46+,48-,50+;/m0./s1. The molecule has 0 aromatic heterocycles. The Morgan fingerprint density at radius 2 is 1.54 bits per heavy atom. The van der Waals surface area contributed by atoms with E-state index in [0.717, 1.165) is 50.9 Å². The Balaban J connectivity index is 0.00000630. The maximum atomic E-state index is 14.7. The van der Waals surface area contributed by atoms with Gasteiger partial charge >= 0.3 is 5.97 Å². The average Bonchev–Trinajstić information content (AvgIpc) is 3.33. The molecule has 4 atom stereocenters. The molecule has 0 bridgehead atoms. The molecule has 2 aliphatic rings. The molecule has 12 heteroatoms. The van der Waals surface area contributed by atoms with Crippen LogP contribution in [0.25, 0.3) is 11.1 Å². The number of likely N-dealkylation sites (N-methyl/N-ethyl adjacent to an activating group) is 1. The van der Waals surface area contributed by atoms with Crippen molar-refractivity contribution in [3.05, 3.63) is 182 Å². The Morgan fingerprint density at radius 3 is 2.18 bits per heavy atom. The van der Waals surface area contributed by atoms with E-state index in [2.05, 4.69) is 35.2 Å². The average molecular weight is 910 g/mol. The number of nitrogens with one attached hydrogen (secondary N) is 1. The van der Waals surface area contributed by atoms with Crippen LogP contribution in [-0.2, 0) is 45.1 Å². The van der Waals surface area contributed by atoms with Crippen LogP contribution < -0.4 is 25.8 Å². The van der Waals surface area contributed by atoms with Gasteiger partial charge in [-0.1, -0.05) is 121 Å². The second-order valence-corrected chi connectivity index (χ2v) is 16.8. The van der Waals surface area contributed by atoms with Gasteiger partial charge in [-0.15, -0.1) is 6.42 Å². The van der Waals surface area contributed by atoms with Gasteiger partial charge in [0.25, 0.3) is 5.91 Å². The summed E-state index contributed by atoms with van der Waals surface area (Å²) in [5, 5.41) is 4.02. The Bertz CT molecular complexity index is 2710. The molecule has 332 valence electrons. The Hall–Kier alpha value is -6.61. The number of fused-ring (bicyclic) bond motifs is 2. The lowest BCUT2D eigenvalue weighted by molar-refractivity contribution is -0.146. The lowest BCUT2D eigenvalue weighted by Gasteiger charge is -2.42. The first-order valence-corrected chi connectivity index (χ1v) is 21.9. The number of nitrogens with zero attached hydrogens (tertiary/aromatic N) is 2. The van der Waals surface area contributed by atoms with Crippen LogP contribution in [0.4, 0.5) is 5.69 Å². The third-order valence-corrected chi connectivity index (χ3v) is 12.8. The third-order valence-electron chi connectivity index (χ3n) is 12.0. The molecule has 0 saturated heterocycles. The zero-order valence-electron chi connectivity index (χ0n) is 36.4. The lowest BCUT2D eigenvalue weighted by atomic mass is 9.88. The van der Waals surface area contributed by atoms with Gasteiger partial charge < -0.3 is 30.6 Å². The zero-order valence-corrected chi connectivity index (χ0v) is 37.9. The van der Waals surface area contributed by atoms with Crippen LogP contribution in [0.15, 0.2) is 133 Å². The van der Waals surface area contributed by atoms with Crippen molar-refractivity contribution >= 4 is 46.7 Å². The predicted molar refractivity (Wildman–Crippen MR) is 255 cm³/mol. The predicted octanol–water partition coefficient (Wildman–Crippen LogP) is 10.3. The molecule has 0 spiro atoms. The van der Waals surface area contributed by atoms with Crippen molar-refractivity contribution in [2.24, 2.45) is 0 Å². The first-order chi connectivity index (χ1) is 31.0. The van der Waals surface area contributed by atoms with Crippen LogP contribution >= 0.6 is 23.2 Å². The molecule has 2 aliphatic heterocycles. The fourth-order valence-electron chi connectivity index (χ4n) is 8.54. The number of carbonyl (C=O) groups is 3. The maximum absolute atomic E-state index is 14.7. The van der Waals surface area contributed by atoms with Gasteiger partial charge in [-0.25, -0.2) is 4.79 Å². The van der Waals surface area contributed by atoms with Gasteiger partial charge in [-0.2, -0.15) is 0 Å². The van der Waals surface area contributed by atoms with Gasteiger partial charge in [0.2, 0.25) is 12.0 Å². The van der Waals surface area contributed by atoms with E-state index in [-0.39, 0.29) is 30.4 Å². The second kappa shape index (κ2) is 20.5. The van der Waals surface area contributed by atoms with Crippen LogP contribution in [0.2, 0.25) is 10.0 Å². The monoisotopic (exact) mass is 908 g/mol. The Labute approximate surface area is 390 Å². The number of esters is 1. The van der Waals surface area contributed by atoms with E-state index in [0.29, 0.717) is 52.4 Å². The summed E-state index contributed by atoms with van der Waals surface area (Å²) in [5.41, 5.74) is 8.85. The summed E-state index contributed by atoms with van der Waals surface area (Å²) in [4.78, 5) is 45.7. The number of amides is 2. The molecular weight excluding hydrogens is 860 g/mol. The topological polar surface area (TPSA) is 132 Å². The van der Waals surface area contributed by atoms with Crippen molar-refractivity contribution in [1.29, 1.82) is 0 Å². The molecule has 2 amide bonds. The molecule has 10 nitrogen and oxygen atoms in total. The fraction of sp³-hybridized carbons (Fsp3) is 0.226. The maximum Gasteiger partial charge on any atom is 0.328 e. The highest BCUT2D eigenvalue weighted by Gasteiger charge is 2.40. The van der Waals surface area contributed by atoms with Crippen LogP contribution in [0.3, 0.4) is 0 Å². The minimum absolute atomic E-state index is 0. The summed E-state index contributed by atoms with van der Waals surface area (Å²) in [6, 6.07) is 40.7. The van der Waals surface area contributed by atoms with Gasteiger partial charge in [-0.05, 0) is 100 Å². The number of anilines is 1. The van der Waals surface area contributed by atoms with E-state index in [9.17, 15) is 14.4 Å².